The molecule has 3 heterocycles. The third kappa shape index (κ3) is 4.40. The highest BCUT2D eigenvalue weighted by Crippen LogP contribution is 2.13. The van der Waals surface area contributed by atoms with Crippen LogP contribution in [0, 0.1) is 0 Å². The first kappa shape index (κ1) is 21.3. The van der Waals surface area contributed by atoms with E-state index in [0.717, 1.165) is 10.1 Å². The van der Waals surface area contributed by atoms with Gasteiger partial charge >= 0.3 is 5.69 Å². The monoisotopic (exact) mass is 442 g/mol. The van der Waals surface area contributed by atoms with Crippen molar-refractivity contribution in [2.75, 3.05) is 13.1 Å². The Morgan fingerprint density at radius 1 is 1.10 bits per heavy atom. The van der Waals surface area contributed by atoms with Crippen LogP contribution in [0.3, 0.4) is 0 Å². The van der Waals surface area contributed by atoms with Gasteiger partial charge in [-0.1, -0.05) is 23.7 Å². The average molecular weight is 443 g/mol. The lowest BCUT2D eigenvalue weighted by Gasteiger charge is -2.35. The number of carbonyl (C=O) groups is 1. The van der Waals surface area contributed by atoms with Crippen LogP contribution in [0.1, 0.15) is 19.4 Å². The number of nitrogens with zero attached hydrogens (tertiary/aromatic N) is 4. The van der Waals surface area contributed by atoms with Gasteiger partial charge in [0.2, 0.25) is 5.91 Å². The van der Waals surface area contributed by atoms with E-state index in [4.69, 9.17) is 16.3 Å². The molecule has 0 saturated carbocycles. The summed E-state index contributed by atoms with van der Waals surface area (Å²) in [5.41, 5.74) is 0.184. The first-order valence-corrected chi connectivity index (χ1v) is 10.5. The zero-order valence-electron chi connectivity index (χ0n) is 17.3. The minimum absolute atomic E-state index is 0.0567. The number of amides is 1. The van der Waals surface area contributed by atoms with E-state index in [1.807, 2.05) is 13.8 Å². The van der Waals surface area contributed by atoms with Gasteiger partial charge in [0.05, 0.1) is 24.3 Å². The number of hydrogen-bond donors (Lipinski definition) is 0. The Labute approximate surface area is 183 Å². The van der Waals surface area contributed by atoms with Crippen LogP contribution in [0.15, 0.2) is 52.2 Å². The Balaban J connectivity index is 1.75. The fourth-order valence-corrected chi connectivity index (χ4v) is 4.05. The summed E-state index contributed by atoms with van der Waals surface area (Å²) < 4.78 is 8.13. The Hall–Kier alpha value is -2.97. The number of pyridine rings is 1. The molecule has 3 aromatic rings. The minimum Gasteiger partial charge on any atom is -0.372 e. The number of fused-ring (bicyclic) bond motifs is 1. The van der Waals surface area contributed by atoms with Gasteiger partial charge < -0.3 is 9.64 Å². The van der Waals surface area contributed by atoms with E-state index in [1.165, 1.54) is 10.8 Å². The Morgan fingerprint density at radius 2 is 1.77 bits per heavy atom. The molecular formula is C22H23ClN4O4. The van der Waals surface area contributed by atoms with Crippen LogP contribution in [0.2, 0.25) is 5.02 Å². The predicted molar refractivity (Wildman–Crippen MR) is 117 cm³/mol. The first-order chi connectivity index (χ1) is 14.8. The lowest BCUT2D eigenvalue weighted by atomic mass is 10.2. The smallest absolute Gasteiger partial charge is 0.332 e. The Kier molecular flexibility index (Phi) is 5.93. The number of hydrogen-bond acceptors (Lipinski definition) is 5. The minimum atomic E-state index is -0.553. The van der Waals surface area contributed by atoms with E-state index >= 15 is 0 Å². The number of morpholine rings is 1. The summed E-state index contributed by atoms with van der Waals surface area (Å²) in [7, 11) is 0. The highest BCUT2D eigenvalue weighted by molar-refractivity contribution is 6.30. The molecule has 1 aliphatic rings. The van der Waals surface area contributed by atoms with Crippen LogP contribution in [0.4, 0.5) is 0 Å². The molecule has 0 N–H and O–H groups in total. The van der Waals surface area contributed by atoms with Crippen LogP contribution in [0.25, 0.3) is 11.0 Å². The van der Waals surface area contributed by atoms with Crippen LogP contribution in [-0.2, 0) is 22.6 Å². The lowest BCUT2D eigenvalue weighted by Crippen LogP contribution is -2.50. The molecule has 2 aromatic heterocycles. The molecule has 1 aliphatic heterocycles. The summed E-state index contributed by atoms with van der Waals surface area (Å²) >= 11 is 5.94. The van der Waals surface area contributed by atoms with Crippen molar-refractivity contribution in [1.29, 1.82) is 0 Å². The van der Waals surface area contributed by atoms with Gasteiger partial charge in [-0.05, 0) is 43.7 Å². The van der Waals surface area contributed by atoms with Crippen LogP contribution >= 0.6 is 11.6 Å². The maximum absolute atomic E-state index is 13.3. The summed E-state index contributed by atoms with van der Waals surface area (Å²) in [5, 5.41) is 0.563. The van der Waals surface area contributed by atoms with Crippen LogP contribution < -0.4 is 11.2 Å². The van der Waals surface area contributed by atoms with Crippen molar-refractivity contribution >= 4 is 28.5 Å². The highest BCUT2D eigenvalue weighted by atomic mass is 35.5. The van der Waals surface area contributed by atoms with Crippen molar-refractivity contribution in [3.63, 3.8) is 0 Å². The maximum atomic E-state index is 13.3. The van der Waals surface area contributed by atoms with Gasteiger partial charge in [-0.15, -0.1) is 0 Å². The van der Waals surface area contributed by atoms with Crippen LogP contribution in [0.5, 0.6) is 0 Å². The molecular weight excluding hydrogens is 420 g/mol. The highest BCUT2D eigenvalue weighted by Gasteiger charge is 2.27. The van der Waals surface area contributed by atoms with Gasteiger partial charge in [0.25, 0.3) is 5.56 Å². The summed E-state index contributed by atoms with van der Waals surface area (Å²) in [6.07, 6.45) is 1.33. The second-order valence-electron chi connectivity index (χ2n) is 7.81. The van der Waals surface area contributed by atoms with Crippen molar-refractivity contribution in [2.24, 2.45) is 0 Å². The van der Waals surface area contributed by atoms with Gasteiger partial charge in [-0.2, -0.15) is 0 Å². The summed E-state index contributed by atoms with van der Waals surface area (Å²) in [4.78, 5) is 45.2. The topological polar surface area (TPSA) is 86.4 Å². The molecule has 1 amide bonds. The molecule has 0 spiro atoms. The molecule has 31 heavy (non-hydrogen) atoms. The van der Waals surface area contributed by atoms with E-state index in [1.54, 1.807) is 41.3 Å². The van der Waals surface area contributed by atoms with E-state index in [2.05, 4.69) is 4.98 Å². The maximum Gasteiger partial charge on any atom is 0.332 e. The molecule has 162 valence electrons. The molecule has 1 aromatic carbocycles. The van der Waals surface area contributed by atoms with Crippen molar-refractivity contribution < 1.29 is 9.53 Å². The number of halogens is 1. The second kappa shape index (κ2) is 8.64. The Morgan fingerprint density at radius 3 is 2.45 bits per heavy atom. The van der Waals surface area contributed by atoms with E-state index in [9.17, 15) is 14.4 Å². The second-order valence-corrected chi connectivity index (χ2v) is 8.25. The molecule has 0 aliphatic carbocycles. The van der Waals surface area contributed by atoms with E-state index in [-0.39, 0.29) is 36.7 Å². The largest absolute Gasteiger partial charge is 0.372 e. The standard InChI is InChI=1S/C22H23ClN4O4/c1-14-10-25(11-15(2)31-14)19(28)13-26-18-4-3-9-24-20(18)21(29)27(22(26)30)12-16-5-7-17(23)8-6-16/h3-9,14-15H,10-13H2,1-2H3. The van der Waals surface area contributed by atoms with Gasteiger partial charge in [0.1, 0.15) is 6.54 Å². The lowest BCUT2D eigenvalue weighted by molar-refractivity contribution is -0.143. The third-order valence-electron chi connectivity index (χ3n) is 5.31. The van der Waals surface area contributed by atoms with Gasteiger partial charge in [-0.3, -0.25) is 18.7 Å². The molecule has 1 saturated heterocycles. The zero-order valence-corrected chi connectivity index (χ0v) is 18.1. The number of carbonyl (C=O) groups excluding carboxylic acids is 1. The number of ether oxygens (including phenoxy) is 1. The Bertz CT molecular complexity index is 1220. The normalized spacial score (nSPS) is 19.0. The van der Waals surface area contributed by atoms with Crippen molar-refractivity contribution in [1.82, 2.24) is 19.0 Å². The molecule has 1 fully saturated rings. The quantitative estimate of drug-likeness (QED) is 0.616. The fourth-order valence-electron chi connectivity index (χ4n) is 3.92. The molecule has 2 atom stereocenters. The summed E-state index contributed by atoms with van der Waals surface area (Å²) in [5.74, 6) is -0.203. The molecule has 0 bridgehead atoms. The first-order valence-electron chi connectivity index (χ1n) is 10.1. The summed E-state index contributed by atoms with van der Waals surface area (Å²) in [6.45, 7) is 4.61. The zero-order chi connectivity index (χ0) is 22.1. The predicted octanol–water partition coefficient (Wildman–Crippen LogP) is 1.90. The average Bonchev–Trinajstić information content (AvgIpc) is 2.74. The van der Waals surface area contributed by atoms with Crippen molar-refractivity contribution in [2.45, 2.75) is 39.1 Å². The molecule has 0 radical (unpaired) electrons. The van der Waals surface area contributed by atoms with Gasteiger partial charge in [0.15, 0.2) is 5.52 Å². The third-order valence-corrected chi connectivity index (χ3v) is 5.56. The molecule has 2 unspecified atom stereocenters. The number of rotatable bonds is 4. The van der Waals surface area contributed by atoms with Gasteiger partial charge in [-0.25, -0.2) is 9.78 Å². The van der Waals surface area contributed by atoms with Crippen molar-refractivity contribution in [3.05, 3.63) is 74.0 Å². The van der Waals surface area contributed by atoms with E-state index < -0.39 is 11.2 Å². The molecule has 4 rings (SSSR count). The SMILES string of the molecule is CC1CN(C(=O)Cn2c(=O)n(Cc3ccc(Cl)cc3)c(=O)c3ncccc32)CC(C)O1. The van der Waals surface area contributed by atoms with Gasteiger partial charge in [0, 0.05) is 24.3 Å². The summed E-state index contributed by atoms with van der Waals surface area (Å²) in [6, 6.07) is 10.2. The number of aromatic nitrogens is 3. The van der Waals surface area contributed by atoms with E-state index in [0.29, 0.717) is 23.6 Å². The fraction of sp³-hybridized carbons (Fsp3) is 0.364. The van der Waals surface area contributed by atoms with Crippen LogP contribution in [-0.4, -0.2) is 50.2 Å². The van der Waals surface area contributed by atoms with Crippen molar-refractivity contribution in [3.8, 4) is 0 Å². The molecule has 9 heteroatoms. The number of benzene rings is 1. The molecule has 8 nitrogen and oxygen atoms in total.